The second kappa shape index (κ2) is 5.17. The quantitative estimate of drug-likeness (QED) is 0.854. The lowest BCUT2D eigenvalue weighted by Crippen LogP contribution is -2.14. The summed E-state index contributed by atoms with van der Waals surface area (Å²) >= 11 is 0. The first-order valence-corrected chi connectivity index (χ1v) is 7.67. The van der Waals surface area contributed by atoms with Crippen LogP contribution >= 0.6 is 0 Å². The highest BCUT2D eigenvalue weighted by atomic mass is 32.2. The molecule has 0 aliphatic rings. The van der Waals surface area contributed by atoms with Gasteiger partial charge in [0.15, 0.2) is 0 Å². The van der Waals surface area contributed by atoms with Crippen molar-refractivity contribution in [2.45, 2.75) is 25.7 Å². The molecule has 2 rings (SSSR count). The molecular formula is C15H17NO3S. The van der Waals surface area contributed by atoms with Crippen LogP contribution in [0.25, 0.3) is 0 Å². The average molecular weight is 291 g/mol. The first-order chi connectivity index (χ1) is 9.29. The number of phenols is 1. The molecule has 0 saturated carbocycles. The smallest absolute Gasteiger partial charge is 0.262 e. The van der Waals surface area contributed by atoms with Crippen LogP contribution in [0.15, 0.2) is 41.3 Å². The molecule has 0 fully saturated rings. The maximum Gasteiger partial charge on any atom is 0.262 e. The number of rotatable bonds is 3. The molecule has 0 radical (unpaired) electrons. The number of aromatic hydroxyl groups is 1. The molecule has 0 aliphatic carbocycles. The largest absolute Gasteiger partial charge is 0.508 e. The maximum atomic E-state index is 12.4. The Labute approximate surface area is 119 Å². The molecule has 2 aromatic carbocycles. The zero-order valence-electron chi connectivity index (χ0n) is 11.6. The monoisotopic (exact) mass is 291 g/mol. The van der Waals surface area contributed by atoms with E-state index < -0.39 is 10.0 Å². The zero-order valence-corrected chi connectivity index (χ0v) is 12.5. The second-order valence-corrected chi connectivity index (χ2v) is 6.53. The third-order valence-corrected chi connectivity index (χ3v) is 4.61. The summed E-state index contributed by atoms with van der Waals surface area (Å²) in [6, 6.07) is 9.90. The van der Waals surface area contributed by atoms with E-state index in [2.05, 4.69) is 4.72 Å². The van der Waals surface area contributed by atoms with Crippen LogP contribution in [0.4, 0.5) is 5.69 Å². The fourth-order valence-corrected chi connectivity index (χ4v) is 3.31. The van der Waals surface area contributed by atoms with Crippen molar-refractivity contribution in [2.24, 2.45) is 0 Å². The standard InChI is InChI=1S/C15H17NO3S/c1-10-4-5-11(2)15(8-10)20(18,19)16-13-6-7-14(17)12(3)9-13/h4-9,16-17H,1-3H3. The summed E-state index contributed by atoms with van der Waals surface area (Å²) in [6.45, 7) is 5.32. The first-order valence-electron chi connectivity index (χ1n) is 6.19. The third-order valence-electron chi connectivity index (χ3n) is 3.08. The highest BCUT2D eigenvalue weighted by Crippen LogP contribution is 2.24. The summed E-state index contributed by atoms with van der Waals surface area (Å²) in [7, 11) is -3.63. The van der Waals surface area contributed by atoms with E-state index in [0.29, 0.717) is 16.8 Å². The molecule has 0 bridgehead atoms. The lowest BCUT2D eigenvalue weighted by Gasteiger charge is -2.12. The molecular weight excluding hydrogens is 274 g/mol. The topological polar surface area (TPSA) is 66.4 Å². The number of benzene rings is 2. The van der Waals surface area contributed by atoms with Gasteiger partial charge in [0.05, 0.1) is 4.90 Å². The minimum atomic E-state index is -3.63. The highest BCUT2D eigenvalue weighted by molar-refractivity contribution is 7.92. The molecule has 106 valence electrons. The predicted octanol–water partition coefficient (Wildman–Crippen LogP) is 3.12. The van der Waals surface area contributed by atoms with E-state index >= 15 is 0 Å². The number of phenolic OH excluding ortho intramolecular Hbond substituents is 1. The summed E-state index contributed by atoms with van der Waals surface area (Å²) in [5, 5.41) is 9.46. The van der Waals surface area contributed by atoms with Crippen molar-refractivity contribution in [2.75, 3.05) is 4.72 Å². The fourth-order valence-electron chi connectivity index (χ4n) is 1.93. The second-order valence-electron chi connectivity index (χ2n) is 4.88. The predicted molar refractivity (Wildman–Crippen MR) is 79.6 cm³/mol. The summed E-state index contributed by atoms with van der Waals surface area (Å²) in [5.74, 6) is 0.139. The Balaban J connectivity index is 2.40. The molecule has 4 nitrogen and oxygen atoms in total. The molecule has 0 aliphatic heterocycles. The van der Waals surface area contributed by atoms with Gasteiger partial charge in [-0.05, 0) is 61.7 Å². The summed E-state index contributed by atoms with van der Waals surface area (Å²) in [5.41, 5.74) is 2.63. The van der Waals surface area contributed by atoms with E-state index in [1.807, 2.05) is 13.0 Å². The van der Waals surface area contributed by atoms with Crippen LogP contribution < -0.4 is 4.72 Å². The van der Waals surface area contributed by atoms with Crippen molar-refractivity contribution in [3.05, 3.63) is 53.1 Å². The van der Waals surface area contributed by atoms with Crippen LogP contribution in [0.1, 0.15) is 16.7 Å². The number of aryl methyl sites for hydroxylation is 3. The van der Waals surface area contributed by atoms with Crippen molar-refractivity contribution < 1.29 is 13.5 Å². The van der Waals surface area contributed by atoms with Crippen LogP contribution in [-0.4, -0.2) is 13.5 Å². The lowest BCUT2D eigenvalue weighted by atomic mass is 10.2. The number of sulfonamides is 1. The molecule has 2 N–H and O–H groups in total. The van der Waals surface area contributed by atoms with E-state index in [4.69, 9.17) is 0 Å². The van der Waals surface area contributed by atoms with Gasteiger partial charge in [-0.1, -0.05) is 12.1 Å². The molecule has 0 spiro atoms. The Morgan fingerprint density at radius 1 is 0.950 bits per heavy atom. The van der Waals surface area contributed by atoms with Gasteiger partial charge in [-0.3, -0.25) is 4.72 Å². The molecule has 0 unspecified atom stereocenters. The molecule has 0 heterocycles. The van der Waals surface area contributed by atoms with Gasteiger partial charge < -0.3 is 5.11 Å². The van der Waals surface area contributed by atoms with E-state index in [9.17, 15) is 13.5 Å². The van der Waals surface area contributed by atoms with Crippen molar-refractivity contribution >= 4 is 15.7 Å². The molecule has 0 amide bonds. The van der Waals surface area contributed by atoms with Gasteiger partial charge >= 0.3 is 0 Å². The van der Waals surface area contributed by atoms with Crippen LogP contribution in [0, 0.1) is 20.8 Å². The van der Waals surface area contributed by atoms with Crippen molar-refractivity contribution in [3.63, 3.8) is 0 Å². The van der Waals surface area contributed by atoms with Gasteiger partial charge in [0, 0.05) is 5.69 Å². The van der Waals surface area contributed by atoms with E-state index in [0.717, 1.165) is 5.56 Å². The van der Waals surface area contributed by atoms with E-state index in [1.165, 1.54) is 12.1 Å². The summed E-state index contributed by atoms with van der Waals surface area (Å²) < 4.78 is 27.3. The Bertz CT molecular complexity index is 752. The normalized spacial score (nSPS) is 11.3. The fraction of sp³-hybridized carbons (Fsp3) is 0.200. The Morgan fingerprint density at radius 3 is 2.30 bits per heavy atom. The van der Waals surface area contributed by atoms with Crippen molar-refractivity contribution in [3.8, 4) is 5.75 Å². The molecule has 0 atom stereocenters. The van der Waals surface area contributed by atoms with Crippen molar-refractivity contribution in [1.82, 2.24) is 0 Å². The molecule has 20 heavy (non-hydrogen) atoms. The van der Waals surface area contributed by atoms with Crippen molar-refractivity contribution in [1.29, 1.82) is 0 Å². The van der Waals surface area contributed by atoms with Gasteiger partial charge in [-0.25, -0.2) is 8.42 Å². The number of hydrogen-bond donors (Lipinski definition) is 2. The summed E-state index contributed by atoms with van der Waals surface area (Å²) in [6.07, 6.45) is 0. The Morgan fingerprint density at radius 2 is 1.65 bits per heavy atom. The SMILES string of the molecule is Cc1ccc(C)c(S(=O)(=O)Nc2ccc(O)c(C)c2)c1. The zero-order chi connectivity index (χ0) is 14.9. The van der Waals surface area contributed by atoms with Crippen LogP contribution in [0.3, 0.4) is 0 Å². The maximum absolute atomic E-state index is 12.4. The summed E-state index contributed by atoms with van der Waals surface area (Å²) in [4.78, 5) is 0.267. The van der Waals surface area contributed by atoms with Crippen LogP contribution in [0.2, 0.25) is 0 Å². The van der Waals surface area contributed by atoms with E-state index in [-0.39, 0.29) is 10.6 Å². The third kappa shape index (κ3) is 2.93. The number of anilines is 1. The molecule has 2 aromatic rings. The Kier molecular flexibility index (Phi) is 3.72. The van der Waals surface area contributed by atoms with Crippen LogP contribution in [0.5, 0.6) is 5.75 Å². The Hall–Kier alpha value is -2.01. The first kappa shape index (κ1) is 14.4. The average Bonchev–Trinajstić information content (AvgIpc) is 2.36. The minimum absolute atomic E-state index is 0.139. The van der Waals surface area contributed by atoms with Gasteiger partial charge in [0.1, 0.15) is 5.75 Å². The van der Waals surface area contributed by atoms with Gasteiger partial charge in [-0.2, -0.15) is 0 Å². The van der Waals surface area contributed by atoms with E-state index in [1.54, 1.807) is 32.0 Å². The highest BCUT2D eigenvalue weighted by Gasteiger charge is 2.17. The number of nitrogens with one attached hydrogen (secondary N) is 1. The van der Waals surface area contributed by atoms with Crippen LogP contribution in [-0.2, 0) is 10.0 Å². The lowest BCUT2D eigenvalue weighted by molar-refractivity contribution is 0.471. The number of hydrogen-bond acceptors (Lipinski definition) is 3. The van der Waals surface area contributed by atoms with Gasteiger partial charge in [0.25, 0.3) is 10.0 Å². The molecule has 5 heteroatoms. The molecule has 0 saturated heterocycles. The minimum Gasteiger partial charge on any atom is -0.508 e. The van der Waals surface area contributed by atoms with Gasteiger partial charge in [0.2, 0.25) is 0 Å². The van der Waals surface area contributed by atoms with Gasteiger partial charge in [-0.15, -0.1) is 0 Å². The molecule has 0 aromatic heterocycles.